The summed E-state index contributed by atoms with van der Waals surface area (Å²) in [4.78, 5) is 13.8. The van der Waals surface area contributed by atoms with Gasteiger partial charge in [0, 0.05) is 12.5 Å². The van der Waals surface area contributed by atoms with Gasteiger partial charge in [0.25, 0.3) is 0 Å². The molecule has 26 heavy (non-hydrogen) atoms. The molecular formula is C24H45NO. The fourth-order valence-electron chi connectivity index (χ4n) is 4.15. The monoisotopic (exact) mass is 363 g/mol. The molecule has 0 aliphatic carbocycles. The first-order valence-corrected chi connectivity index (χ1v) is 11.7. The molecule has 0 spiro atoms. The molecule has 0 saturated carbocycles. The van der Waals surface area contributed by atoms with Gasteiger partial charge in [-0.15, -0.1) is 0 Å². The molecule has 152 valence electrons. The van der Waals surface area contributed by atoms with Crippen molar-refractivity contribution in [1.82, 2.24) is 4.90 Å². The van der Waals surface area contributed by atoms with Crippen LogP contribution in [0.25, 0.3) is 0 Å². The molecule has 1 heterocycles. The van der Waals surface area contributed by atoms with Gasteiger partial charge in [-0.25, -0.2) is 0 Å². The second kappa shape index (κ2) is 16.4. The first kappa shape index (κ1) is 23.2. The highest BCUT2D eigenvalue weighted by atomic mass is 16.2. The molecule has 1 rings (SSSR count). The van der Waals surface area contributed by atoms with Gasteiger partial charge in [-0.05, 0) is 19.0 Å². The van der Waals surface area contributed by atoms with Gasteiger partial charge >= 0.3 is 0 Å². The molecule has 0 aromatic heterocycles. The van der Waals surface area contributed by atoms with Gasteiger partial charge in [0.05, 0.1) is 0 Å². The van der Waals surface area contributed by atoms with Crippen LogP contribution in [-0.2, 0) is 4.79 Å². The van der Waals surface area contributed by atoms with E-state index in [0.29, 0.717) is 5.91 Å². The van der Waals surface area contributed by atoms with Crippen LogP contribution in [-0.4, -0.2) is 17.4 Å². The molecule has 1 atom stereocenters. The van der Waals surface area contributed by atoms with Crippen molar-refractivity contribution in [1.29, 1.82) is 0 Å². The molecule has 0 radical (unpaired) electrons. The van der Waals surface area contributed by atoms with Crippen molar-refractivity contribution in [3.8, 4) is 0 Å². The molecular weight excluding hydrogens is 318 g/mol. The highest BCUT2D eigenvalue weighted by Gasteiger charge is 2.29. The number of rotatable bonds is 18. The van der Waals surface area contributed by atoms with Crippen LogP contribution >= 0.6 is 0 Å². The summed E-state index contributed by atoms with van der Waals surface area (Å²) in [7, 11) is 0. The summed E-state index contributed by atoms with van der Waals surface area (Å²) in [5.41, 5.74) is 0. The Balaban J connectivity index is 1.75. The van der Waals surface area contributed by atoms with Crippen molar-refractivity contribution in [2.75, 3.05) is 6.54 Å². The van der Waals surface area contributed by atoms with Crippen molar-refractivity contribution in [2.24, 2.45) is 5.92 Å². The van der Waals surface area contributed by atoms with E-state index in [0.717, 1.165) is 19.4 Å². The molecule has 1 aliphatic heterocycles. The molecule has 0 N–H and O–H groups in total. The fourth-order valence-corrected chi connectivity index (χ4v) is 4.15. The number of amides is 1. The van der Waals surface area contributed by atoms with Crippen molar-refractivity contribution < 1.29 is 4.79 Å². The fraction of sp³-hybridized carbons (Fsp3) is 0.875. The normalized spacial score (nSPS) is 17.2. The van der Waals surface area contributed by atoms with E-state index < -0.39 is 0 Å². The van der Waals surface area contributed by atoms with Gasteiger partial charge in [-0.1, -0.05) is 116 Å². The first-order valence-electron chi connectivity index (χ1n) is 11.7. The van der Waals surface area contributed by atoms with E-state index >= 15 is 0 Å². The Morgan fingerprint density at radius 1 is 0.808 bits per heavy atom. The molecule has 2 nitrogen and oxygen atoms in total. The Morgan fingerprint density at radius 2 is 1.23 bits per heavy atom. The highest BCUT2D eigenvalue weighted by molar-refractivity contribution is 5.81. The lowest BCUT2D eigenvalue weighted by Crippen LogP contribution is -2.21. The summed E-state index contributed by atoms with van der Waals surface area (Å²) in [6, 6.07) is 0. The van der Waals surface area contributed by atoms with Crippen molar-refractivity contribution in [3.05, 3.63) is 12.8 Å². The average molecular weight is 364 g/mol. The summed E-state index contributed by atoms with van der Waals surface area (Å²) in [5, 5.41) is 0. The number of carbonyl (C=O) groups excluding carboxylic acids is 1. The Kier molecular flexibility index (Phi) is 14.7. The molecule has 0 bridgehead atoms. The minimum Gasteiger partial charge on any atom is -0.319 e. The SMILES string of the molecule is C=CN1CCC(CCCCCCCCCCCCCCCCCC)C1=O. The van der Waals surface area contributed by atoms with E-state index in [1.165, 1.54) is 103 Å². The van der Waals surface area contributed by atoms with Crippen LogP contribution in [0.1, 0.15) is 122 Å². The van der Waals surface area contributed by atoms with E-state index in [1.54, 1.807) is 11.1 Å². The second-order valence-corrected chi connectivity index (χ2v) is 8.29. The lowest BCUT2D eigenvalue weighted by molar-refractivity contribution is -0.128. The maximum absolute atomic E-state index is 12.0. The van der Waals surface area contributed by atoms with Gasteiger partial charge in [-0.3, -0.25) is 4.79 Å². The molecule has 1 unspecified atom stereocenters. The topological polar surface area (TPSA) is 20.3 Å². The number of hydrogen-bond donors (Lipinski definition) is 0. The molecule has 1 saturated heterocycles. The zero-order valence-corrected chi connectivity index (χ0v) is 17.7. The number of unbranched alkanes of at least 4 members (excludes halogenated alkanes) is 15. The standard InChI is InChI=1S/C24H45NO/c1-3-5-6-7-8-9-10-11-12-13-14-15-16-17-18-19-20-23-21-22-25(4-2)24(23)26/h4,23H,2-3,5-22H2,1H3. The van der Waals surface area contributed by atoms with E-state index in [-0.39, 0.29) is 5.92 Å². The van der Waals surface area contributed by atoms with Crippen LogP contribution in [0.4, 0.5) is 0 Å². The summed E-state index contributed by atoms with van der Waals surface area (Å²) < 4.78 is 0. The summed E-state index contributed by atoms with van der Waals surface area (Å²) in [5.74, 6) is 0.584. The number of likely N-dealkylation sites (tertiary alicyclic amines) is 1. The number of hydrogen-bond acceptors (Lipinski definition) is 1. The van der Waals surface area contributed by atoms with Gasteiger partial charge in [0.2, 0.25) is 5.91 Å². The number of carbonyl (C=O) groups is 1. The van der Waals surface area contributed by atoms with Gasteiger partial charge in [0.1, 0.15) is 0 Å². The smallest absolute Gasteiger partial charge is 0.229 e. The first-order chi connectivity index (χ1) is 12.8. The van der Waals surface area contributed by atoms with E-state index in [1.807, 2.05) is 0 Å². The molecule has 0 aromatic rings. The maximum Gasteiger partial charge on any atom is 0.229 e. The Hall–Kier alpha value is -0.790. The van der Waals surface area contributed by atoms with Gasteiger partial charge in [0.15, 0.2) is 0 Å². The predicted molar refractivity (Wildman–Crippen MR) is 114 cm³/mol. The Bertz CT molecular complexity index is 352. The lowest BCUT2D eigenvalue weighted by Gasteiger charge is -2.10. The molecule has 1 fully saturated rings. The summed E-state index contributed by atoms with van der Waals surface area (Å²) >= 11 is 0. The average Bonchev–Trinajstić information content (AvgIpc) is 3.01. The highest BCUT2D eigenvalue weighted by Crippen LogP contribution is 2.24. The van der Waals surface area contributed by atoms with E-state index in [2.05, 4.69) is 13.5 Å². The Labute approximate surface area is 163 Å². The largest absolute Gasteiger partial charge is 0.319 e. The summed E-state index contributed by atoms with van der Waals surface area (Å²) in [6.45, 7) is 6.88. The van der Waals surface area contributed by atoms with Crippen LogP contribution in [0.2, 0.25) is 0 Å². The van der Waals surface area contributed by atoms with Gasteiger partial charge < -0.3 is 4.90 Å². The zero-order valence-electron chi connectivity index (χ0n) is 17.7. The molecule has 2 heteroatoms. The zero-order chi connectivity index (χ0) is 18.9. The van der Waals surface area contributed by atoms with Crippen LogP contribution in [0.15, 0.2) is 12.8 Å². The quantitative estimate of drug-likeness (QED) is 0.229. The van der Waals surface area contributed by atoms with E-state index in [4.69, 9.17) is 0 Å². The molecule has 1 amide bonds. The third-order valence-electron chi connectivity index (χ3n) is 5.98. The Morgan fingerprint density at radius 3 is 1.62 bits per heavy atom. The predicted octanol–water partition coefficient (Wildman–Crippen LogP) is 7.63. The van der Waals surface area contributed by atoms with Crippen LogP contribution in [0.5, 0.6) is 0 Å². The number of nitrogens with zero attached hydrogens (tertiary/aromatic N) is 1. The van der Waals surface area contributed by atoms with Crippen molar-refractivity contribution in [2.45, 2.75) is 122 Å². The van der Waals surface area contributed by atoms with Crippen LogP contribution < -0.4 is 0 Å². The maximum atomic E-state index is 12.0. The third kappa shape index (κ3) is 11.0. The second-order valence-electron chi connectivity index (χ2n) is 8.29. The van der Waals surface area contributed by atoms with Crippen molar-refractivity contribution >= 4 is 5.91 Å². The molecule has 1 aliphatic rings. The minimum absolute atomic E-state index is 0.277. The van der Waals surface area contributed by atoms with Crippen LogP contribution in [0, 0.1) is 5.92 Å². The summed E-state index contributed by atoms with van der Waals surface area (Å²) in [6.07, 6.45) is 26.3. The van der Waals surface area contributed by atoms with Gasteiger partial charge in [-0.2, -0.15) is 0 Å². The van der Waals surface area contributed by atoms with Crippen LogP contribution in [0.3, 0.4) is 0 Å². The van der Waals surface area contributed by atoms with E-state index in [9.17, 15) is 4.79 Å². The molecule has 0 aromatic carbocycles. The van der Waals surface area contributed by atoms with Crippen molar-refractivity contribution in [3.63, 3.8) is 0 Å². The third-order valence-corrected chi connectivity index (χ3v) is 5.98. The lowest BCUT2D eigenvalue weighted by atomic mass is 9.98. The minimum atomic E-state index is 0.277.